The molecule has 0 saturated carbocycles. The lowest BCUT2D eigenvalue weighted by Gasteiger charge is -2.62. The number of nitrogens with zero attached hydrogens (tertiary/aromatic N) is 1. The largest absolute Gasteiger partial charge is 0.493 e. The van der Waals surface area contributed by atoms with Crippen LogP contribution in [0.25, 0.3) is 21.7 Å². The Balaban J connectivity index is 1.25. The first-order valence-corrected chi connectivity index (χ1v) is 14.5. The van der Waals surface area contributed by atoms with E-state index in [2.05, 4.69) is 88.7 Å². The van der Waals surface area contributed by atoms with Gasteiger partial charge in [-0.05, 0) is 54.0 Å². The van der Waals surface area contributed by atoms with Crippen LogP contribution in [0.4, 0.5) is 0 Å². The van der Waals surface area contributed by atoms with Gasteiger partial charge in [0.15, 0.2) is 17.6 Å². The molecule has 2 unspecified atom stereocenters. The Labute approximate surface area is 233 Å². The number of fused-ring (bicyclic) bond motifs is 6. The third kappa shape index (κ3) is 2.70. The van der Waals surface area contributed by atoms with Crippen molar-refractivity contribution in [1.29, 1.82) is 0 Å². The summed E-state index contributed by atoms with van der Waals surface area (Å²) in [7, 11) is 1.71. The molecule has 200 valence electrons. The van der Waals surface area contributed by atoms with Gasteiger partial charge >= 0.3 is 0 Å². The zero-order chi connectivity index (χ0) is 26.6. The number of aliphatic hydroxyl groups is 1. The topological polar surface area (TPSA) is 57.7 Å². The number of likely N-dealkylation sites (tertiary alicyclic amines) is 1. The van der Waals surface area contributed by atoms with Gasteiger partial charge in [-0.3, -0.25) is 4.90 Å². The first-order valence-electron chi connectivity index (χ1n) is 14.5. The fourth-order valence-corrected chi connectivity index (χ4v) is 8.85. The van der Waals surface area contributed by atoms with Gasteiger partial charge in [0, 0.05) is 35.3 Å². The maximum absolute atomic E-state index is 13.2. The fourth-order valence-electron chi connectivity index (χ4n) is 8.85. The highest BCUT2D eigenvalue weighted by Crippen LogP contribution is 2.69. The molecule has 2 N–H and O–H groups in total. The van der Waals surface area contributed by atoms with Crippen LogP contribution in [0.3, 0.4) is 0 Å². The highest BCUT2D eigenvalue weighted by Gasteiger charge is 2.72. The Morgan fingerprint density at radius 1 is 1.00 bits per heavy atom. The molecule has 5 aromatic rings. The molecule has 5 nitrogen and oxygen atoms in total. The number of H-pyrrole nitrogens is 1. The van der Waals surface area contributed by atoms with Crippen molar-refractivity contribution in [2.45, 2.75) is 48.8 Å². The second-order valence-electron chi connectivity index (χ2n) is 12.2. The monoisotopic (exact) mass is 528 g/mol. The van der Waals surface area contributed by atoms with Gasteiger partial charge in [-0.25, -0.2) is 0 Å². The third-order valence-corrected chi connectivity index (χ3v) is 10.6. The Kier molecular flexibility index (Phi) is 4.53. The number of benzene rings is 4. The number of piperidine rings is 1. The fraction of sp³-hybridized carbons (Fsp3) is 0.314. The molecule has 3 heterocycles. The van der Waals surface area contributed by atoms with Gasteiger partial charge in [0.25, 0.3) is 0 Å². The Morgan fingerprint density at radius 2 is 1.85 bits per heavy atom. The number of hydrogen-bond acceptors (Lipinski definition) is 4. The molecule has 4 atom stereocenters. The molecule has 0 amide bonds. The van der Waals surface area contributed by atoms with E-state index in [9.17, 15) is 5.11 Å². The quantitative estimate of drug-likeness (QED) is 0.307. The van der Waals surface area contributed by atoms with Gasteiger partial charge in [0.1, 0.15) is 0 Å². The van der Waals surface area contributed by atoms with Crippen molar-refractivity contribution < 1.29 is 14.6 Å². The molecule has 2 aliphatic carbocycles. The Bertz CT molecular complexity index is 1830. The van der Waals surface area contributed by atoms with Crippen molar-refractivity contribution in [1.82, 2.24) is 9.88 Å². The number of nitrogens with one attached hydrogen (secondary N) is 1. The molecule has 2 bridgehead atoms. The van der Waals surface area contributed by atoms with E-state index < -0.39 is 11.0 Å². The summed E-state index contributed by atoms with van der Waals surface area (Å²) in [4.78, 5) is 6.41. The Morgan fingerprint density at radius 3 is 2.73 bits per heavy atom. The minimum absolute atomic E-state index is 0.0152. The summed E-state index contributed by atoms with van der Waals surface area (Å²) >= 11 is 0. The van der Waals surface area contributed by atoms with Crippen molar-refractivity contribution in [3.63, 3.8) is 0 Å². The summed E-state index contributed by atoms with van der Waals surface area (Å²) in [5.41, 5.74) is 5.83. The summed E-state index contributed by atoms with van der Waals surface area (Å²) in [6.07, 6.45) is 2.98. The number of aromatic amines is 1. The van der Waals surface area contributed by atoms with E-state index in [0.29, 0.717) is 6.42 Å². The van der Waals surface area contributed by atoms with E-state index in [-0.39, 0.29) is 12.1 Å². The molecule has 9 rings (SSSR count). The number of methoxy groups -OCH3 is 1. The van der Waals surface area contributed by atoms with E-state index >= 15 is 0 Å². The molecule has 1 aromatic heterocycles. The van der Waals surface area contributed by atoms with Crippen molar-refractivity contribution in [2.75, 3.05) is 20.2 Å². The summed E-state index contributed by atoms with van der Waals surface area (Å²) in [6, 6.07) is 28.0. The average Bonchev–Trinajstić information content (AvgIpc) is 3.53. The minimum Gasteiger partial charge on any atom is -0.493 e. The van der Waals surface area contributed by atoms with E-state index in [4.69, 9.17) is 9.47 Å². The van der Waals surface area contributed by atoms with Crippen molar-refractivity contribution >= 4 is 21.7 Å². The van der Waals surface area contributed by atoms with Gasteiger partial charge in [-0.2, -0.15) is 0 Å². The number of rotatable bonds is 4. The second-order valence-corrected chi connectivity index (χ2v) is 12.2. The second kappa shape index (κ2) is 7.90. The van der Waals surface area contributed by atoms with Gasteiger partial charge < -0.3 is 19.6 Å². The lowest BCUT2D eigenvalue weighted by atomic mass is 9.49. The summed E-state index contributed by atoms with van der Waals surface area (Å²) < 4.78 is 12.8. The molecule has 0 radical (unpaired) electrons. The van der Waals surface area contributed by atoms with Crippen LogP contribution in [0, 0.1) is 0 Å². The lowest BCUT2D eigenvalue weighted by Crippen LogP contribution is -2.74. The van der Waals surface area contributed by atoms with Gasteiger partial charge in [-0.1, -0.05) is 72.8 Å². The third-order valence-electron chi connectivity index (χ3n) is 10.6. The summed E-state index contributed by atoms with van der Waals surface area (Å²) in [6.45, 7) is 1.87. The first kappa shape index (κ1) is 23.0. The normalized spacial score (nSPS) is 27.9. The zero-order valence-corrected chi connectivity index (χ0v) is 22.6. The minimum atomic E-state index is -0.953. The molecule has 1 fully saturated rings. The molecule has 5 heteroatoms. The molecule has 1 saturated heterocycles. The molecular formula is C35H32N2O3. The van der Waals surface area contributed by atoms with E-state index in [1.807, 2.05) is 0 Å². The van der Waals surface area contributed by atoms with Gasteiger partial charge in [-0.15, -0.1) is 0 Å². The molecule has 4 aliphatic rings. The highest BCUT2D eigenvalue weighted by atomic mass is 16.5. The van der Waals surface area contributed by atoms with Crippen LogP contribution in [0.15, 0.2) is 78.9 Å². The molecule has 4 aromatic carbocycles. The van der Waals surface area contributed by atoms with Crippen LogP contribution in [0.1, 0.15) is 40.5 Å². The van der Waals surface area contributed by atoms with Crippen LogP contribution in [0.2, 0.25) is 0 Å². The van der Waals surface area contributed by atoms with Crippen LogP contribution in [-0.4, -0.2) is 46.8 Å². The summed E-state index contributed by atoms with van der Waals surface area (Å²) in [5, 5.41) is 16.8. The van der Waals surface area contributed by atoms with E-state index in [1.165, 1.54) is 38.4 Å². The predicted octanol–water partition coefficient (Wildman–Crippen LogP) is 5.86. The SMILES string of the molecule is COc1ccc2c3c1OC1c4[nH]c5c(ccc6ccccc65)c4CC4(O)[C@@H](C2)N(CCc2ccccc2)CC[C@]314. The molecule has 40 heavy (non-hydrogen) atoms. The number of ether oxygens (including phenoxy) is 2. The predicted molar refractivity (Wildman–Crippen MR) is 156 cm³/mol. The summed E-state index contributed by atoms with van der Waals surface area (Å²) in [5.74, 6) is 1.59. The van der Waals surface area contributed by atoms with Crippen LogP contribution >= 0.6 is 0 Å². The van der Waals surface area contributed by atoms with Crippen LogP contribution in [-0.2, 0) is 24.7 Å². The highest BCUT2D eigenvalue weighted by molar-refractivity contribution is 6.07. The maximum Gasteiger partial charge on any atom is 0.166 e. The average molecular weight is 529 g/mol. The number of hydrogen-bond donors (Lipinski definition) is 2. The molecule has 2 aliphatic heterocycles. The molecular weight excluding hydrogens is 496 g/mol. The first-order chi connectivity index (χ1) is 19.6. The van der Waals surface area contributed by atoms with Gasteiger partial charge in [0.2, 0.25) is 0 Å². The Hall–Kier alpha value is -3.80. The smallest absolute Gasteiger partial charge is 0.166 e. The lowest BCUT2D eigenvalue weighted by molar-refractivity contribution is -0.172. The standard InChI is InChI=1S/C35H32N2O3/c1-39-27-14-12-23-19-28-35(38)20-26-25-13-11-22-9-5-6-10-24(22)30(25)36-31(26)33-34(35,29(23)32(27)40-33)16-18-37(28)17-15-21-7-3-2-4-8-21/h2-14,28,33,36,38H,15-20H2,1H3/t28-,33?,34+,35?/m1/s1. The van der Waals surface area contributed by atoms with Crippen molar-refractivity contribution in [2.24, 2.45) is 0 Å². The van der Waals surface area contributed by atoms with Gasteiger partial charge in [0.05, 0.1) is 29.3 Å². The van der Waals surface area contributed by atoms with Crippen molar-refractivity contribution in [3.8, 4) is 11.5 Å². The van der Waals surface area contributed by atoms with E-state index in [1.54, 1.807) is 7.11 Å². The zero-order valence-electron chi connectivity index (χ0n) is 22.6. The van der Waals surface area contributed by atoms with Crippen LogP contribution in [0.5, 0.6) is 11.5 Å². The maximum atomic E-state index is 13.2. The molecule has 1 spiro atoms. The van der Waals surface area contributed by atoms with Crippen molar-refractivity contribution in [3.05, 3.63) is 107 Å². The van der Waals surface area contributed by atoms with Crippen LogP contribution < -0.4 is 9.47 Å². The number of aromatic nitrogens is 1. The van der Waals surface area contributed by atoms with E-state index in [0.717, 1.165) is 55.1 Å².